The minimum Gasteiger partial charge on any atom is -0.456 e. The second-order valence-electron chi connectivity index (χ2n) is 10.0. The lowest BCUT2D eigenvalue weighted by atomic mass is 9.84. The molecular weight excluding hydrogens is 544 g/mol. The molecule has 0 radical (unpaired) electrons. The minimum absolute atomic E-state index is 0.397. The van der Waals surface area contributed by atoms with E-state index >= 15 is 0 Å². The van der Waals surface area contributed by atoms with Gasteiger partial charge in [-0.2, -0.15) is 0 Å². The summed E-state index contributed by atoms with van der Waals surface area (Å²) in [6, 6.07) is -22.5. The largest absolute Gasteiger partial charge is 0.456 e. The van der Waals surface area contributed by atoms with Crippen LogP contribution in [0.3, 0.4) is 0 Å². The monoisotopic (exact) mass is 596 g/mol. The van der Waals surface area contributed by atoms with E-state index in [-0.39, 0.29) is 0 Å². The fourth-order valence-corrected chi connectivity index (χ4v) is 5.73. The van der Waals surface area contributed by atoms with Crippen molar-refractivity contribution in [3.8, 4) is 22.3 Å². The van der Waals surface area contributed by atoms with Gasteiger partial charge in [-0.3, -0.25) is 0 Å². The number of hydrogen-bond acceptors (Lipinski definition) is 1. The zero-order valence-electron chi connectivity index (χ0n) is 48.4. The Labute approximate surface area is 296 Å². The van der Waals surface area contributed by atoms with Crippen LogP contribution >= 0.6 is 0 Å². The summed E-state index contributed by atoms with van der Waals surface area (Å²) in [6.07, 6.45) is 0. The normalized spacial score (nSPS) is 20.1. The van der Waals surface area contributed by atoms with Crippen LogP contribution in [0.5, 0.6) is 0 Å². The van der Waals surface area contributed by atoms with Crippen LogP contribution in [0.4, 0.5) is 0 Å². The quantitative estimate of drug-likeness (QED) is 0.143. The SMILES string of the molecule is [2H]c1c([2H])c([2H])c2c([2H])c3c(oc4c([2H])c(-c5c6c([2H])c([2H])c([2H])c([2H])c6c(-c6c([2H])c([2H])c([2H])c7c6c([2H])c([2H])c6c([2H])c([2H])c([2H])c([2H])c67)c6c([2H])c([2H])c([2H])c([2H])c56)c([2H])c([2H])c43)c([2H])c2c1[2H]. The first-order valence-electron chi connectivity index (χ1n) is 26.4. The smallest absolute Gasteiger partial charge is 0.136 e. The maximum Gasteiger partial charge on any atom is 0.136 e. The van der Waals surface area contributed by atoms with E-state index in [0.29, 0.717) is 0 Å². The molecule has 0 spiro atoms. The topological polar surface area (TPSA) is 13.1 Å². The number of benzene rings is 9. The molecule has 0 saturated heterocycles. The second kappa shape index (κ2) is 9.29. The van der Waals surface area contributed by atoms with Crippen molar-refractivity contribution in [1.29, 1.82) is 0 Å². The molecule has 0 atom stereocenters. The fraction of sp³-hybridized carbons (Fsp3) is 0. The van der Waals surface area contributed by atoms with Crippen molar-refractivity contribution < 1.29 is 40.1 Å². The van der Waals surface area contributed by atoms with Gasteiger partial charge in [0.1, 0.15) is 11.2 Å². The lowest BCUT2D eigenvalue weighted by Gasteiger charge is -2.19. The number of rotatable bonds is 2. The summed E-state index contributed by atoms with van der Waals surface area (Å²) in [6.45, 7) is 0. The Bertz CT molecular complexity index is 4210. The van der Waals surface area contributed by atoms with Crippen molar-refractivity contribution in [1.82, 2.24) is 0 Å². The Balaban J connectivity index is 1.52. The summed E-state index contributed by atoms with van der Waals surface area (Å²) in [5.74, 6) is 0. The average Bonchev–Trinajstić information content (AvgIpc) is 3.76. The van der Waals surface area contributed by atoms with Crippen molar-refractivity contribution in [2.45, 2.75) is 0 Å². The van der Waals surface area contributed by atoms with Gasteiger partial charge in [-0.05, 0) is 100 Å². The van der Waals surface area contributed by atoms with Crippen LogP contribution in [0.15, 0.2) is 162 Å². The van der Waals surface area contributed by atoms with Gasteiger partial charge in [-0.1, -0.05) is 133 Å². The van der Waals surface area contributed by atoms with Gasteiger partial charge >= 0.3 is 0 Å². The van der Waals surface area contributed by atoms with Gasteiger partial charge in [0.05, 0.1) is 35.6 Å². The molecule has 0 aliphatic rings. The molecule has 0 amide bonds. The minimum atomic E-state index is -0.975. The summed E-state index contributed by atoms with van der Waals surface area (Å²) in [4.78, 5) is 0. The van der Waals surface area contributed by atoms with Crippen molar-refractivity contribution in [2.75, 3.05) is 0 Å². The summed E-state index contributed by atoms with van der Waals surface area (Å²) in [5, 5.41) is -6.82. The van der Waals surface area contributed by atoms with E-state index in [4.69, 9.17) is 27.7 Å². The zero-order chi connectivity index (χ0) is 52.1. The highest BCUT2D eigenvalue weighted by atomic mass is 16.3. The first kappa shape index (κ1) is 10.3. The van der Waals surface area contributed by atoms with Gasteiger partial charge in [0.2, 0.25) is 0 Å². The first-order chi connectivity index (χ1) is 33.2. The number of fused-ring (bicyclic) bond motifs is 9. The molecule has 0 unspecified atom stereocenters. The molecule has 10 rings (SSSR count). The molecule has 0 N–H and O–H groups in total. The standard InChI is InChI=1S/C44H26O/c1-2-12-29-25-42-40(24-28(29)11-1)34-23-21-30(26-41(34)45-42)43-36-14-5-7-16-38(36)44(39-17-8-6-15-37(39)43)35-19-9-18-32-31-13-4-3-10-27(31)20-22-33(32)35/h1-26H/i1D,2D,3D,4D,5D,6D,7D,8D,9D,10D,11D,12D,13D,14D,15D,16D,17D,18D,19D,20D,21D,22D,23D,24D,25D,26D. The van der Waals surface area contributed by atoms with E-state index < -0.39 is 255 Å². The van der Waals surface area contributed by atoms with Crippen LogP contribution in [0.25, 0.3) is 98.1 Å². The van der Waals surface area contributed by atoms with E-state index in [2.05, 4.69) is 0 Å². The van der Waals surface area contributed by atoms with Crippen molar-refractivity contribution in [2.24, 2.45) is 0 Å². The van der Waals surface area contributed by atoms with E-state index in [1.54, 1.807) is 0 Å². The van der Waals surface area contributed by atoms with E-state index in [1.807, 2.05) is 0 Å². The molecule has 10 aromatic rings. The highest BCUT2D eigenvalue weighted by Gasteiger charge is 2.19. The van der Waals surface area contributed by atoms with E-state index in [0.717, 1.165) is 0 Å². The zero-order valence-corrected chi connectivity index (χ0v) is 22.4. The summed E-state index contributed by atoms with van der Waals surface area (Å²) >= 11 is 0. The van der Waals surface area contributed by atoms with Crippen LogP contribution < -0.4 is 0 Å². The lowest BCUT2D eigenvalue weighted by Crippen LogP contribution is -1.91. The molecule has 0 aliphatic carbocycles. The van der Waals surface area contributed by atoms with Gasteiger partial charge < -0.3 is 4.42 Å². The number of furan rings is 1. The third kappa shape index (κ3) is 3.56. The Morgan fingerprint density at radius 1 is 0.333 bits per heavy atom. The van der Waals surface area contributed by atoms with E-state index in [9.17, 15) is 12.3 Å². The predicted molar refractivity (Wildman–Crippen MR) is 192 cm³/mol. The first-order valence-corrected chi connectivity index (χ1v) is 13.4. The molecule has 1 nitrogen and oxygen atoms in total. The molecule has 45 heavy (non-hydrogen) atoms. The molecule has 0 fully saturated rings. The maximum absolute atomic E-state index is 9.70. The third-order valence-electron chi connectivity index (χ3n) is 7.64. The van der Waals surface area contributed by atoms with Gasteiger partial charge in [0.15, 0.2) is 0 Å². The lowest BCUT2D eigenvalue weighted by molar-refractivity contribution is 0.669. The molecular formula is C44H26O. The summed E-state index contributed by atoms with van der Waals surface area (Å²) in [7, 11) is 0. The molecule has 208 valence electrons. The van der Waals surface area contributed by atoms with Gasteiger partial charge in [-0.15, -0.1) is 0 Å². The fourth-order valence-electron chi connectivity index (χ4n) is 5.73. The highest BCUT2D eigenvalue weighted by Crippen LogP contribution is 2.46. The molecule has 1 aromatic heterocycles. The molecule has 1 heteroatoms. The van der Waals surface area contributed by atoms with Crippen LogP contribution in [-0.2, 0) is 0 Å². The average molecular weight is 597 g/mol. The summed E-state index contributed by atoms with van der Waals surface area (Å²) in [5.41, 5.74) is -4.02. The maximum atomic E-state index is 9.70. The molecule has 0 bridgehead atoms. The van der Waals surface area contributed by atoms with E-state index in [1.165, 1.54) is 0 Å². The Morgan fingerprint density at radius 3 is 1.62 bits per heavy atom. The van der Waals surface area contributed by atoms with Gasteiger partial charge in [-0.25, -0.2) is 0 Å². The van der Waals surface area contributed by atoms with Crippen LogP contribution in [-0.4, -0.2) is 0 Å². The second-order valence-corrected chi connectivity index (χ2v) is 10.0. The van der Waals surface area contributed by atoms with Crippen molar-refractivity contribution in [3.05, 3.63) is 157 Å². The Hall–Kier alpha value is -5.92. The molecule has 0 aliphatic heterocycles. The Kier molecular flexibility index (Phi) is 2.13. The van der Waals surface area contributed by atoms with Crippen molar-refractivity contribution >= 4 is 75.8 Å². The molecule has 1 heterocycles. The molecule has 0 saturated carbocycles. The van der Waals surface area contributed by atoms with Gasteiger partial charge in [0.25, 0.3) is 0 Å². The Morgan fingerprint density at radius 2 is 0.889 bits per heavy atom. The highest BCUT2D eigenvalue weighted by molar-refractivity contribution is 6.25. The van der Waals surface area contributed by atoms with Crippen LogP contribution in [0.1, 0.15) is 35.6 Å². The number of hydrogen-bond donors (Lipinski definition) is 0. The predicted octanol–water partition coefficient (Wildman–Crippen LogP) is 12.7. The summed E-state index contributed by atoms with van der Waals surface area (Å²) < 4.78 is 240. The molecule has 9 aromatic carbocycles. The van der Waals surface area contributed by atoms with Crippen molar-refractivity contribution in [3.63, 3.8) is 0 Å². The van der Waals surface area contributed by atoms with Crippen LogP contribution in [0.2, 0.25) is 0 Å². The third-order valence-corrected chi connectivity index (χ3v) is 7.64. The van der Waals surface area contributed by atoms with Crippen LogP contribution in [0, 0.1) is 0 Å². The van der Waals surface area contributed by atoms with Gasteiger partial charge in [0, 0.05) is 10.8 Å².